The van der Waals surface area contributed by atoms with E-state index >= 15 is 0 Å². The van der Waals surface area contributed by atoms with E-state index < -0.39 is 0 Å². The second-order valence-electron chi connectivity index (χ2n) is 5.44. The van der Waals surface area contributed by atoms with Crippen molar-refractivity contribution in [1.82, 2.24) is 15.1 Å². The van der Waals surface area contributed by atoms with Crippen LogP contribution in [0, 0.1) is 0 Å². The van der Waals surface area contributed by atoms with Gasteiger partial charge in [-0.1, -0.05) is 29.3 Å². The van der Waals surface area contributed by atoms with Crippen molar-refractivity contribution in [3.63, 3.8) is 0 Å². The summed E-state index contributed by atoms with van der Waals surface area (Å²) >= 11 is 12.2. The van der Waals surface area contributed by atoms with Gasteiger partial charge in [0.2, 0.25) is 0 Å². The van der Waals surface area contributed by atoms with E-state index in [0.717, 1.165) is 18.7 Å². The lowest BCUT2D eigenvalue weighted by atomic mass is 9.93. The molecule has 1 aromatic carbocycles. The fourth-order valence-electron chi connectivity index (χ4n) is 2.74. The van der Waals surface area contributed by atoms with E-state index in [-0.39, 0.29) is 17.6 Å². The number of benzene rings is 1. The highest BCUT2D eigenvalue weighted by Gasteiger charge is 2.27. The highest BCUT2D eigenvalue weighted by Crippen LogP contribution is 2.30. The quantitative estimate of drug-likeness (QED) is 0.919. The average Bonchev–Trinajstić information content (AvgIpc) is 2.78. The molecule has 1 aliphatic heterocycles. The predicted molar refractivity (Wildman–Crippen MR) is 90.3 cm³/mol. The minimum absolute atomic E-state index is 0.0566. The highest BCUT2D eigenvalue weighted by atomic mass is 35.5. The monoisotopic (exact) mass is 353 g/mol. The van der Waals surface area contributed by atoms with Crippen LogP contribution in [0.2, 0.25) is 10.0 Å². The lowest BCUT2D eigenvalue weighted by Gasteiger charge is -2.25. The summed E-state index contributed by atoms with van der Waals surface area (Å²) in [5, 5.41) is 8.51. The Bertz CT molecular complexity index is 735. The number of ether oxygens (including phenoxy) is 1. The van der Waals surface area contributed by atoms with Gasteiger partial charge in [-0.3, -0.25) is 4.79 Å². The molecule has 2 atom stereocenters. The zero-order chi connectivity index (χ0) is 16.2. The maximum Gasteiger partial charge on any atom is 0.266 e. The van der Waals surface area contributed by atoms with Gasteiger partial charge < -0.3 is 10.1 Å². The summed E-state index contributed by atoms with van der Waals surface area (Å²) in [4.78, 5) is 11.9. The van der Waals surface area contributed by atoms with Crippen LogP contribution in [0.5, 0.6) is 0 Å². The standard InChI is InChI=1S/C16H17Cl2N3O2/c17-13-4-3-11(8-14(13)18)12-9-19-6-7-23-15(12)10-21-16(22)2-1-5-20-21/h1-5,8,12,15,19H,6-7,9-10H2/t12-,15-/m0/s1. The van der Waals surface area contributed by atoms with Crippen LogP contribution in [0.4, 0.5) is 0 Å². The smallest absolute Gasteiger partial charge is 0.266 e. The van der Waals surface area contributed by atoms with Gasteiger partial charge in [0.1, 0.15) is 0 Å². The molecule has 122 valence electrons. The second kappa shape index (κ2) is 7.45. The van der Waals surface area contributed by atoms with E-state index in [1.807, 2.05) is 12.1 Å². The molecule has 0 saturated carbocycles. The molecule has 0 amide bonds. The molecule has 1 N–H and O–H groups in total. The number of hydrogen-bond acceptors (Lipinski definition) is 4. The molecule has 1 saturated heterocycles. The maximum absolute atomic E-state index is 11.9. The Morgan fingerprint density at radius 1 is 1.30 bits per heavy atom. The molecular formula is C16H17Cl2N3O2. The Morgan fingerprint density at radius 3 is 2.96 bits per heavy atom. The Kier molecular flexibility index (Phi) is 5.33. The number of rotatable bonds is 3. The van der Waals surface area contributed by atoms with Gasteiger partial charge >= 0.3 is 0 Å². The molecule has 23 heavy (non-hydrogen) atoms. The summed E-state index contributed by atoms with van der Waals surface area (Å²) in [7, 11) is 0. The van der Waals surface area contributed by atoms with Crippen LogP contribution >= 0.6 is 23.2 Å². The van der Waals surface area contributed by atoms with Crippen LogP contribution in [-0.4, -0.2) is 35.6 Å². The van der Waals surface area contributed by atoms with Crippen LogP contribution in [0.15, 0.2) is 41.3 Å². The molecule has 2 heterocycles. The molecule has 3 rings (SSSR count). The molecule has 1 fully saturated rings. The van der Waals surface area contributed by atoms with Crippen LogP contribution in [0.25, 0.3) is 0 Å². The van der Waals surface area contributed by atoms with Gasteiger partial charge in [-0.15, -0.1) is 0 Å². The molecule has 0 bridgehead atoms. The van der Waals surface area contributed by atoms with Crippen molar-refractivity contribution in [3.05, 3.63) is 62.5 Å². The van der Waals surface area contributed by atoms with E-state index in [2.05, 4.69) is 10.4 Å². The Hall–Kier alpha value is -1.40. The molecule has 1 aliphatic rings. The summed E-state index contributed by atoms with van der Waals surface area (Å²) < 4.78 is 7.39. The maximum atomic E-state index is 11.9. The molecule has 1 aromatic heterocycles. The van der Waals surface area contributed by atoms with Gasteiger partial charge in [0.05, 0.1) is 29.3 Å². The predicted octanol–water partition coefficient (Wildman–Crippen LogP) is 2.32. The van der Waals surface area contributed by atoms with E-state index in [1.54, 1.807) is 18.3 Å². The zero-order valence-electron chi connectivity index (χ0n) is 12.4. The van der Waals surface area contributed by atoms with Crippen molar-refractivity contribution in [3.8, 4) is 0 Å². The molecule has 7 heteroatoms. The molecule has 5 nitrogen and oxygen atoms in total. The van der Waals surface area contributed by atoms with Crippen molar-refractivity contribution in [2.24, 2.45) is 0 Å². The van der Waals surface area contributed by atoms with Crippen molar-refractivity contribution >= 4 is 23.2 Å². The highest BCUT2D eigenvalue weighted by molar-refractivity contribution is 6.42. The lowest BCUT2D eigenvalue weighted by Crippen LogP contribution is -2.35. The largest absolute Gasteiger partial charge is 0.374 e. The van der Waals surface area contributed by atoms with Crippen molar-refractivity contribution in [2.45, 2.75) is 18.6 Å². The van der Waals surface area contributed by atoms with E-state index in [0.29, 0.717) is 23.2 Å². The molecule has 2 aromatic rings. The Morgan fingerprint density at radius 2 is 2.17 bits per heavy atom. The van der Waals surface area contributed by atoms with Gasteiger partial charge in [0, 0.05) is 31.3 Å². The third-order valence-electron chi connectivity index (χ3n) is 3.93. The van der Waals surface area contributed by atoms with Crippen LogP contribution in [0.3, 0.4) is 0 Å². The first-order chi connectivity index (χ1) is 11.1. The van der Waals surface area contributed by atoms with Gasteiger partial charge in [0.25, 0.3) is 5.56 Å². The van der Waals surface area contributed by atoms with Crippen LogP contribution in [0.1, 0.15) is 11.5 Å². The number of nitrogens with one attached hydrogen (secondary N) is 1. The second-order valence-corrected chi connectivity index (χ2v) is 6.25. The number of nitrogens with zero attached hydrogens (tertiary/aromatic N) is 2. The summed E-state index contributed by atoms with van der Waals surface area (Å²) in [6.45, 7) is 2.49. The molecule has 0 unspecified atom stereocenters. The van der Waals surface area contributed by atoms with E-state index in [4.69, 9.17) is 27.9 Å². The van der Waals surface area contributed by atoms with E-state index in [1.165, 1.54) is 10.7 Å². The lowest BCUT2D eigenvalue weighted by molar-refractivity contribution is 0.0364. The molecule has 0 radical (unpaired) electrons. The SMILES string of the molecule is O=c1cccnn1C[C@@H]1OCCNC[C@H]1c1ccc(Cl)c(Cl)c1. The first-order valence-corrected chi connectivity index (χ1v) is 8.20. The summed E-state index contributed by atoms with van der Waals surface area (Å²) in [6, 6.07) is 8.72. The summed E-state index contributed by atoms with van der Waals surface area (Å²) in [5.74, 6) is 0.0566. The number of aromatic nitrogens is 2. The summed E-state index contributed by atoms with van der Waals surface area (Å²) in [5.41, 5.74) is 0.893. The minimum atomic E-state index is -0.171. The fourth-order valence-corrected chi connectivity index (χ4v) is 3.04. The van der Waals surface area contributed by atoms with Gasteiger partial charge in [0.15, 0.2) is 0 Å². The first-order valence-electron chi connectivity index (χ1n) is 7.44. The van der Waals surface area contributed by atoms with Crippen molar-refractivity contribution in [2.75, 3.05) is 19.7 Å². The molecule has 0 spiro atoms. The van der Waals surface area contributed by atoms with Gasteiger partial charge in [-0.2, -0.15) is 5.10 Å². The fraction of sp³-hybridized carbons (Fsp3) is 0.375. The van der Waals surface area contributed by atoms with Crippen LogP contribution < -0.4 is 10.9 Å². The topological polar surface area (TPSA) is 56.2 Å². The first kappa shape index (κ1) is 16.5. The van der Waals surface area contributed by atoms with Crippen molar-refractivity contribution in [1.29, 1.82) is 0 Å². The Balaban J connectivity index is 1.89. The number of halogens is 2. The van der Waals surface area contributed by atoms with Crippen LogP contribution in [-0.2, 0) is 11.3 Å². The number of hydrogen-bond donors (Lipinski definition) is 1. The van der Waals surface area contributed by atoms with E-state index in [9.17, 15) is 4.79 Å². The zero-order valence-corrected chi connectivity index (χ0v) is 13.9. The summed E-state index contributed by atoms with van der Waals surface area (Å²) in [6.07, 6.45) is 1.43. The third-order valence-corrected chi connectivity index (χ3v) is 4.67. The average molecular weight is 354 g/mol. The van der Waals surface area contributed by atoms with Gasteiger partial charge in [-0.25, -0.2) is 4.68 Å². The Labute approximate surface area is 144 Å². The van der Waals surface area contributed by atoms with Gasteiger partial charge in [-0.05, 0) is 23.8 Å². The normalized spacial score (nSPS) is 21.8. The molecular weight excluding hydrogens is 337 g/mol. The third kappa shape index (κ3) is 3.93. The minimum Gasteiger partial charge on any atom is -0.374 e. The van der Waals surface area contributed by atoms with Crippen molar-refractivity contribution < 1.29 is 4.74 Å². The molecule has 0 aliphatic carbocycles.